The maximum atomic E-state index is 5.64. The smallest absolute Gasteiger partial charge is 0.270 e. The zero-order chi connectivity index (χ0) is 12.7. The van der Waals surface area contributed by atoms with E-state index in [1.807, 2.05) is 20.2 Å². The second kappa shape index (κ2) is 3.91. The summed E-state index contributed by atoms with van der Waals surface area (Å²) < 4.78 is 6.91. The van der Waals surface area contributed by atoms with Crippen LogP contribution in [0.3, 0.4) is 0 Å². The largest absolute Gasteiger partial charge is 0.375 e. The summed E-state index contributed by atoms with van der Waals surface area (Å²) in [6, 6.07) is 0. The lowest BCUT2D eigenvalue weighted by molar-refractivity contribution is 0.433. The van der Waals surface area contributed by atoms with E-state index in [0.29, 0.717) is 16.8 Å². The van der Waals surface area contributed by atoms with E-state index < -0.39 is 0 Å². The molecule has 0 unspecified atom stereocenters. The molecule has 0 aliphatic carbocycles. The Labute approximate surface area is 106 Å². The number of aryl methyl sites for hydroxylation is 2. The molecule has 0 saturated heterocycles. The molecule has 3 aromatic heterocycles. The Bertz CT molecular complexity index is 697. The molecule has 0 bridgehead atoms. The van der Waals surface area contributed by atoms with Gasteiger partial charge in [-0.25, -0.2) is 4.98 Å². The molecule has 0 amide bonds. The predicted molar refractivity (Wildman–Crippen MR) is 66.8 cm³/mol. The Morgan fingerprint density at radius 2 is 2.22 bits per heavy atom. The average Bonchev–Trinajstić information content (AvgIpc) is 2.98. The monoisotopic (exact) mass is 262 g/mol. The topological polar surface area (TPSA) is 95.7 Å². The normalized spacial score (nSPS) is 11.0. The third kappa shape index (κ3) is 1.76. The molecule has 8 heteroatoms. The fraction of sp³-hybridized carbons (Fsp3) is 0.200. The van der Waals surface area contributed by atoms with Crippen LogP contribution in [0.15, 0.2) is 16.9 Å². The summed E-state index contributed by atoms with van der Waals surface area (Å²) in [4.78, 5) is 9.25. The fourth-order valence-corrected chi connectivity index (χ4v) is 2.34. The van der Waals surface area contributed by atoms with Crippen molar-refractivity contribution in [2.75, 3.05) is 5.73 Å². The first-order valence-electron chi connectivity index (χ1n) is 5.19. The summed E-state index contributed by atoms with van der Waals surface area (Å²) in [5.74, 6) is 0.935. The van der Waals surface area contributed by atoms with Crippen LogP contribution in [-0.4, -0.2) is 24.9 Å². The zero-order valence-electron chi connectivity index (χ0n) is 9.78. The van der Waals surface area contributed by atoms with Gasteiger partial charge in [-0.15, -0.1) is 0 Å². The van der Waals surface area contributed by atoms with Crippen molar-refractivity contribution in [3.63, 3.8) is 0 Å². The van der Waals surface area contributed by atoms with Crippen molar-refractivity contribution in [2.24, 2.45) is 7.05 Å². The lowest BCUT2D eigenvalue weighted by Gasteiger charge is -1.86. The van der Waals surface area contributed by atoms with E-state index in [1.54, 1.807) is 10.9 Å². The number of hydrogen-bond acceptors (Lipinski definition) is 7. The summed E-state index contributed by atoms with van der Waals surface area (Å²) in [7, 11) is 1.83. The predicted octanol–water partition coefficient (Wildman–Crippen LogP) is 1.48. The van der Waals surface area contributed by atoms with Gasteiger partial charge in [0.1, 0.15) is 4.88 Å². The van der Waals surface area contributed by atoms with Gasteiger partial charge in [0.25, 0.3) is 5.89 Å². The summed E-state index contributed by atoms with van der Waals surface area (Å²) in [6.45, 7) is 1.86. The van der Waals surface area contributed by atoms with Gasteiger partial charge in [-0.3, -0.25) is 4.68 Å². The summed E-state index contributed by atoms with van der Waals surface area (Å²) >= 11 is 1.33. The van der Waals surface area contributed by atoms with Gasteiger partial charge in [0, 0.05) is 13.2 Å². The SMILES string of the molecule is Cc1nc(N)sc1-c1nc(-c2cnn(C)c2)no1. The number of thiazole rings is 1. The van der Waals surface area contributed by atoms with E-state index in [-0.39, 0.29) is 0 Å². The quantitative estimate of drug-likeness (QED) is 0.751. The molecule has 0 aliphatic heterocycles. The molecule has 0 spiro atoms. The van der Waals surface area contributed by atoms with Crippen LogP contribution in [0.5, 0.6) is 0 Å². The molecule has 0 radical (unpaired) electrons. The van der Waals surface area contributed by atoms with E-state index in [2.05, 4.69) is 20.2 Å². The van der Waals surface area contributed by atoms with Crippen LogP contribution in [0.4, 0.5) is 5.13 Å². The number of nitrogen functional groups attached to an aromatic ring is 1. The van der Waals surface area contributed by atoms with Gasteiger partial charge in [-0.2, -0.15) is 10.1 Å². The van der Waals surface area contributed by atoms with Crippen LogP contribution < -0.4 is 5.73 Å². The minimum atomic E-state index is 0.431. The van der Waals surface area contributed by atoms with Crippen LogP contribution in [0.1, 0.15) is 5.69 Å². The van der Waals surface area contributed by atoms with Crippen LogP contribution in [-0.2, 0) is 7.05 Å². The average molecular weight is 262 g/mol. The molecule has 92 valence electrons. The highest BCUT2D eigenvalue weighted by Gasteiger charge is 2.16. The first-order valence-corrected chi connectivity index (χ1v) is 6.01. The summed E-state index contributed by atoms with van der Waals surface area (Å²) in [6.07, 6.45) is 3.51. The summed E-state index contributed by atoms with van der Waals surface area (Å²) in [5, 5.41) is 8.48. The van der Waals surface area contributed by atoms with Crippen LogP contribution >= 0.6 is 11.3 Å². The first-order chi connectivity index (χ1) is 8.63. The number of nitrogens with zero attached hydrogens (tertiary/aromatic N) is 5. The lowest BCUT2D eigenvalue weighted by atomic mass is 10.3. The standard InChI is InChI=1S/C10H10N6OS/c1-5-7(18-10(11)13-5)9-14-8(15-17-9)6-3-12-16(2)4-6/h3-4H,1-2H3,(H2,11,13). The fourth-order valence-electron chi connectivity index (χ4n) is 1.59. The molecule has 3 heterocycles. The Hall–Kier alpha value is -2.22. The first kappa shape index (κ1) is 10.9. The maximum Gasteiger partial charge on any atom is 0.270 e. The maximum absolute atomic E-state index is 5.64. The molecular formula is C10H10N6OS. The molecule has 0 atom stereocenters. The Kier molecular flexibility index (Phi) is 2.37. The van der Waals surface area contributed by atoms with Gasteiger partial charge < -0.3 is 10.3 Å². The number of aromatic nitrogens is 5. The van der Waals surface area contributed by atoms with Gasteiger partial charge >= 0.3 is 0 Å². The van der Waals surface area contributed by atoms with Gasteiger partial charge in [0.2, 0.25) is 5.82 Å². The van der Waals surface area contributed by atoms with Crippen molar-refractivity contribution in [3.8, 4) is 22.2 Å². The molecule has 0 fully saturated rings. The number of hydrogen-bond donors (Lipinski definition) is 1. The minimum absolute atomic E-state index is 0.431. The molecule has 3 rings (SSSR count). The second-order valence-corrected chi connectivity index (χ2v) is 4.82. The van der Waals surface area contributed by atoms with Crippen LogP contribution in [0.25, 0.3) is 22.2 Å². The van der Waals surface area contributed by atoms with E-state index in [1.165, 1.54) is 11.3 Å². The van der Waals surface area contributed by atoms with Crippen molar-refractivity contribution < 1.29 is 4.52 Å². The van der Waals surface area contributed by atoms with Gasteiger partial charge in [-0.05, 0) is 6.92 Å². The number of rotatable bonds is 2. The van der Waals surface area contributed by atoms with Crippen molar-refractivity contribution >= 4 is 16.5 Å². The molecule has 0 aromatic carbocycles. The van der Waals surface area contributed by atoms with Gasteiger partial charge in [0.15, 0.2) is 5.13 Å². The van der Waals surface area contributed by atoms with Crippen LogP contribution in [0, 0.1) is 6.92 Å². The van der Waals surface area contributed by atoms with Gasteiger partial charge in [-0.1, -0.05) is 16.5 Å². The van der Waals surface area contributed by atoms with Crippen molar-refractivity contribution in [1.82, 2.24) is 24.9 Å². The van der Waals surface area contributed by atoms with E-state index >= 15 is 0 Å². The van der Waals surface area contributed by atoms with Gasteiger partial charge in [0.05, 0.1) is 17.5 Å². The molecule has 3 aromatic rings. The van der Waals surface area contributed by atoms with E-state index in [0.717, 1.165) is 16.1 Å². The van der Waals surface area contributed by atoms with E-state index in [9.17, 15) is 0 Å². The zero-order valence-corrected chi connectivity index (χ0v) is 10.6. The molecule has 2 N–H and O–H groups in total. The summed E-state index contributed by atoms with van der Waals surface area (Å²) in [5.41, 5.74) is 7.24. The Morgan fingerprint density at radius 1 is 1.39 bits per heavy atom. The third-order valence-electron chi connectivity index (χ3n) is 2.40. The molecule has 0 aliphatic rings. The highest BCUT2D eigenvalue weighted by Crippen LogP contribution is 2.31. The second-order valence-electron chi connectivity index (χ2n) is 3.79. The highest BCUT2D eigenvalue weighted by molar-refractivity contribution is 7.18. The molecule has 18 heavy (non-hydrogen) atoms. The minimum Gasteiger partial charge on any atom is -0.375 e. The van der Waals surface area contributed by atoms with E-state index in [4.69, 9.17) is 10.3 Å². The van der Waals surface area contributed by atoms with Crippen molar-refractivity contribution in [3.05, 3.63) is 18.1 Å². The number of nitrogens with two attached hydrogens (primary N) is 1. The molecule has 0 saturated carbocycles. The molecular weight excluding hydrogens is 252 g/mol. The van der Waals surface area contributed by atoms with Crippen LogP contribution in [0.2, 0.25) is 0 Å². The highest BCUT2D eigenvalue weighted by atomic mass is 32.1. The van der Waals surface area contributed by atoms with Crippen molar-refractivity contribution in [2.45, 2.75) is 6.92 Å². The Morgan fingerprint density at radius 3 is 2.83 bits per heavy atom. The Balaban J connectivity index is 2.01. The third-order valence-corrected chi connectivity index (χ3v) is 3.37. The molecule has 7 nitrogen and oxygen atoms in total. The number of anilines is 1. The van der Waals surface area contributed by atoms with Crippen molar-refractivity contribution in [1.29, 1.82) is 0 Å². The lowest BCUT2D eigenvalue weighted by Crippen LogP contribution is -1.84.